The number of nitrogens with two attached hydrogens (primary N) is 6. The molecule has 0 saturated heterocycles. The smallest absolute Gasteiger partial charge is 0.243 e. The maximum absolute atomic E-state index is 13.2. The number of hydrogen-bond acceptors (Lipinski definition) is 9. The number of carbonyl (C=O) groups excluding carboxylic acids is 4. The van der Waals surface area contributed by atoms with Crippen molar-refractivity contribution < 1.29 is 24.3 Å². The van der Waals surface area contributed by atoms with E-state index in [0.29, 0.717) is 38.8 Å². The van der Waals surface area contributed by atoms with E-state index in [1.807, 2.05) is 0 Å². The second-order valence-electron chi connectivity index (χ2n) is 9.77. The van der Waals surface area contributed by atoms with Crippen LogP contribution >= 0.6 is 0 Å². The Kier molecular flexibility index (Phi) is 18.6. The Bertz CT molecular complexity index is 858. The zero-order valence-electron chi connectivity index (χ0n) is 23.6. The molecule has 0 heterocycles. The van der Waals surface area contributed by atoms with Crippen LogP contribution in [-0.2, 0) is 19.2 Å². The van der Waals surface area contributed by atoms with Gasteiger partial charge in [-0.1, -0.05) is 13.8 Å². The minimum atomic E-state index is -1.07. The van der Waals surface area contributed by atoms with Gasteiger partial charge >= 0.3 is 0 Å². The van der Waals surface area contributed by atoms with Crippen molar-refractivity contribution in [2.45, 2.75) is 83.0 Å². The van der Waals surface area contributed by atoms with Crippen molar-refractivity contribution >= 4 is 35.4 Å². The van der Waals surface area contributed by atoms with Crippen molar-refractivity contribution in [2.24, 2.45) is 50.3 Å². The van der Waals surface area contributed by atoms with E-state index in [-0.39, 0.29) is 43.6 Å². The van der Waals surface area contributed by atoms with Gasteiger partial charge in [0.2, 0.25) is 17.7 Å². The molecule has 4 atom stereocenters. The van der Waals surface area contributed by atoms with Crippen molar-refractivity contribution in [3.8, 4) is 0 Å². The number of amides is 3. The lowest BCUT2D eigenvalue weighted by atomic mass is 10.0. The highest BCUT2D eigenvalue weighted by molar-refractivity contribution is 5.95. The van der Waals surface area contributed by atoms with Crippen molar-refractivity contribution in [2.75, 3.05) is 26.2 Å². The molecule has 3 amide bonds. The van der Waals surface area contributed by atoms with Gasteiger partial charge < -0.3 is 55.5 Å². The van der Waals surface area contributed by atoms with Crippen LogP contribution in [0.2, 0.25) is 0 Å². The summed E-state index contributed by atoms with van der Waals surface area (Å²) < 4.78 is 0. The topological polar surface area (TPSA) is 305 Å². The number of ketones is 1. The van der Waals surface area contributed by atoms with E-state index in [1.165, 1.54) is 0 Å². The fraction of sp³-hybridized carbons (Fsp3) is 0.750. The lowest BCUT2D eigenvalue weighted by Gasteiger charge is -2.27. The summed E-state index contributed by atoms with van der Waals surface area (Å²) in [4.78, 5) is 59.0. The van der Waals surface area contributed by atoms with Gasteiger partial charge in [-0.2, -0.15) is 0 Å². The van der Waals surface area contributed by atoms with Crippen LogP contribution in [0.3, 0.4) is 0 Å². The molecule has 0 unspecified atom stereocenters. The number of Topliss-reactive ketones (excluding diaryl/α,β-unsaturated/α-hetero) is 1. The summed E-state index contributed by atoms with van der Waals surface area (Å²) in [6.45, 7) is 3.64. The van der Waals surface area contributed by atoms with Crippen LogP contribution in [0.5, 0.6) is 0 Å². The van der Waals surface area contributed by atoms with Crippen molar-refractivity contribution in [3.63, 3.8) is 0 Å². The largest absolute Gasteiger partial charge is 0.389 e. The fourth-order valence-corrected chi connectivity index (χ4v) is 3.67. The molecular formula is C24H49N11O5. The third kappa shape index (κ3) is 15.8. The van der Waals surface area contributed by atoms with Crippen molar-refractivity contribution in [3.05, 3.63) is 0 Å². The highest BCUT2D eigenvalue weighted by Crippen LogP contribution is 2.08. The van der Waals surface area contributed by atoms with Crippen molar-refractivity contribution in [1.82, 2.24) is 16.0 Å². The quantitative estimate of drug-likeness (QED) is 0.0362. The summed E-state index contributed by atoms with van der Waals surface area (Å²) in [5.74, 6) is -2.85. The van der Waals surface area contributed by atoms with Crippen LogP contribution < -0.4 is 50.4 Å². The molecule has 0 radical (unpaired) electrons. The minimum absolute atomic E-state index is 0.0611. The van der Waals surface area contributed by atoms with Gasteiger partial charge in [-0.25, -0.2) is 0 Å². The van der Waals surface area contributed by atoms with Crippen LogP contribution in [0.15, 0.2) is 9.98 Å². The number of carbonyl (C=O) groups is 4. The fourth-order valence-electron chi connectivity index (χ4n) is 3.67. The van der Waals surface area contributed by atoms with Gasteiger partial charge in [-0.3, -0.25) is 29.2 Å². The van der Waals surface area contributed by atoms with Crippen LogP contribution in [0.1, 0.15) is 58.8 Å². The molecule has 16 N–H and O–H groups in total. The first-order valence-corrected chi connectivity index (χ1v) is 13.4. The SMILES string of the molecule is CC(C)[C@H](NC(=O)[C@@H](N)CCCN=C(N)N)C(=O)N[C@@H](CCCN=C(N)N)C(=O)N[C@@H](CCCCN)C(=O)CO. The predicted octanol–water partition coefficient (Wildman–Crippen LogP) is -3.78. The van der Waals surface area contributed by atoms with Gasteiger partial charge in [0, 0.05) is 13.1 Å². The zero-order chi connectivity index (χ0) is 30.7. The van der Waals surface area contributed by atoms with E-state index in [1.54, 1.807) is 13.8 Å². The Morgan fingerprint density at radius 1 is 0.725 bits per heavy atom. The number of nitrogens with zero attached hydrogens (tertiary/aromatic N) is 2. The minimum Gasteiger partial charge on any atom is -0.389 e. The number of aliphatic hydroxyl groups is 1. The molecule has 0 saturated carbocycles. The number of aliphatic hydroxyl groups excluding tert-OH is 1. The standard InChI is InChI=1S/C24H49N11O5/c1-14(2)19(35-20(38)15(26)7-5-11-31-23(27)28)22(40)34-17(9-6-12-32-24(29)30)21(39)33-16(18(37)13-36)8-3-4-10-25/h14-17,19,36H,3-13,25-26H2,1-2H3,(H,33,39)(H,34,40)(H,35,38)(H4,27,28,31)(H4,29,30,32)/t15-,16-,17-,19-/m0/s1. The summed E-state index contributed by atoms with van der Waals surface area (Å²) in [5.41, 5.74) is 32.8. The molecule has 16 nitrogen and oxygen atoms in total. The average Bonchev–Trinajstić information content (AvgIpc) is 2.89. The highest BCUT2D eigenvalue weighted by Gasteiger charge is 2.31. The number of aliphatic imine (C=N–C) groups is 2. The second-order valence-corrected chi connectivity index (χ2v) is 9.77. The summed E-state index contributed by atoms with van der Waals surface area (Å²) in [6, 6.07) is -3.92. The molecule has 0 aliphatic carbocycles. The van der Waals surface area contributed by atoms with E-state index in [9.17, 15) is 24.3 Å². The Labute approximate surface area is 235 Å². The van der Waals surface area contributed by atoms with Gasteiger partial charge in [0.05, 0.1) is 12.1 Å². The molecule has 0 bridgehead atoms. The third-order valence-electron chi connectivity index (χ3n) is 5.94. The Morgan fingerprint density at radius 2 is 1.25 bits per heavy atom. The molecular weight excluding hydrogens is 522 g/mol. The number of nitrogens with one attached hydrogen (secondary N) is 3. The van der Waals surface area contributed by atoms with Gasteiger partial charge in [0.25, 0.3) is 0 Å². The van der Waals surface area contributed by atoms with E-state index in [4.69, 9.17) is 34.4 Å². The molecule has 0 rings (SSSR count). The number of rotatable bonds is 21. The molecule has 0 aromatic carbocycles. The predicted molar refractivity (Wildman–Crippen MR) is 153 cm³/mol. The first-order chi connectivity index (χ1) is 18.8. The lowest BCUT2D eigenvalue weighted by Crippen LogP contribution is -2.58. The second kappa shape index (κ2) is 20.4. The van der Waals surface area contributed by atoms with Crippen LogP contribution in [0.25, 0.3) is 0 Å². The zero-order valence-corrected chi connectivity index (χ0v) is 23.6. The highest BCUT2D eigenvalue weighted by atomic mass is 16.3. The average molecular weight is 572 g/mol. The van der Waals surface area contributed by atoms with E-state index >= 15 is 0 Å². The Hall–Kier alpha value is -3.50. The Balaban J connectivity index is 5.54. The molecule has 16 heteroatoms. The number of guanidine groups is 2. The monoisotopic (exact) mass is 571 g/mol. The van der Waals surface area contributed by atoms with Crippen molar-refractivity contribution in [1.29, 1.82) is 0 Å². The first-order valence-electron chi connectivity index (χ1n) is 13.4. The molecule has 0 aliphatic rings. The number of unbranched alkanes of at least 4 members (excludes halogenated alkanes) is 1. The third-order valence-corrected chi connectivity index (χ3v) is 5.94. The summed E-state index contributed by atoms with van der Waals surface area (Å²) in [7, 11) is 0. The molecule has 230 valence electrons. The van der Waals surface area contributed by atoms with E-state index in [2.05, 4.69) is 25.9 Å². The van der Waals surface area contributed by atoms with Gasteiger partial charge in [-0.05, 0) is 57.4 Å². The normalized spacial score (nSPS) is 13.8. The van der Waals surface area contributed by atoms with E-state index < -0.39 is 54.3 Å². The van der Waals surface area contributed by atoms with Gasteiger partial charge in [0.15, 0.2) is 17.7 Å². The molecule has 0 aromatic rings. The molecule has 0 fully saturated rings. The van der Waals surface area contributed by atoms with Crippen LogP contribution in [0, 0.1) is 5.92 Å². The maximum atomic E-state index is 13.2. The maximum Gasteiger partial charge on any atom is 0.243 e. The summed E-state index contributed by atoms with van der Waals surface area (Å²) in [6.07, 6.45) is 2.69. The summed E-state index contributed by atoms with van der Waals surface area (Å²) >= 11 is 0. The van der Waals surface area contributed by atoms with E-state index in [0.717, 1.165) is 0 Å². The molecule has 0 aromatic heterocycles. The molecule has 0 spiro atoms. The van der Waals surface area contributed by atoms with Crippen LogP contribution in [-0.4, -0.2) is 90.9 Å². The Morgan fingerprint density at radius 3 is 1.75 bits per heavy atom. The molecule has 0 aliphatic heterocycles. The summed E-state index contributed by atoms with van der Waals surface area (Å²) in [5, 5.41) is 17.3. The first kappa shape index (κ1) is 36.5. The lowest BCUT2D eigenvalue weighted by molar-refractivity contribution is -0.134. The number of hydrogen-bond donors (Lipinski definition) is 10. The molecule has 40 heavy (non-hydrogen) atoms. The van der Waals surface area contributed by atoms with Gasteiger partial charge in [-0.15, -0.1) is 0 Å². The van der Waals surface area contributed by atoms with Gasteiger partial charge in [0.1, 0.15) is 18.7 Å². The van der Waals surface area contributed by atoms with Crippen LogP contribution in [0.4, 0.5) is 0 Å².